The first-order valence-corrected chi connectivity index (χ1v) is 12.0. The predicted molar refractivity (Wildman–Crippen MR) is 117 cm³/mol. The first-order valence-electron chi connectivity index (χ1n) is 10.5. The van der Waals surface area contributed by atoms with Crippen molar-refractivity contribution in [3.8, 4) is 0 Å². The Labute approximate surface area is 178 Å². The quantitative estimate of drug-likeness (QED) is 0.540. The Morgan fingerprint density at radius 3 is 2.63 bits per heavy atom. The molecule has 2 aromatic rings. The van der Waals surface area contributed by atoms with E-state index in [0.717, 1.165) is 43.9 Å². The molecule has 2 aliphatic rings. The molecule has 9 heteroatoms. The number of sulfonamides is 1. The first kappa shape index (κ1) is 20.9. The predicted octanol–water partition coefficient (Wildman–Crippen LogP) is 1.98. The number of nitrogens with one attached hydrogen (secondary N) is 2. The molecule has 0 amide bonds. The van der Waals surface area contributed by atoms with Gasteiger partial charge in [-0.15, -0.1) is 0 Å². The molecule has 2 atom stereocenters. The molecule has 2 fully saturated rings. The van der Waals surface area contributed by atoms with Gasteiger partial charge in [-0.3, -0.25) is 4.99 Å². The molecule has 1 aliphatic carbocycles. The number of guanidine groups is 1. The van der Waals surface area contributed by atoms with Gasteiger partial charge in [0.15, 0.2) is 5.96 Å². The highest BCUT2D eigenvalue weighted by atomic mass is 32.2. The molecular weight excluding hydrogens is 400 g/mol. The molecule has 4 rings (SSSR count). The second-order valence-corrected chi connectivity index (χ2v) is 9.94. The molecule has 0 spiro atoms. The van der Waals surface area contributed by atoms with E-state index in [2.05, 4.69) is 36.4 Å². The Bertz CT molecular complexity index is 967. The molecule has 0 bridgehead atoms. The maximum Gasteiger partial charge on any atom is 0.240 e. The van der Waals surface area contributed by atoms with E-state index in [1.165, 1.54) is 0 Å². The monoisotopic (exact) mass is 430 g/mol. The van der Waals surface area contributed by atoms with Crippen LogP contribution in [0.4, 0.5) is 0 Å². The highest BCUT2D eigenvalue weighted by Gasteiger charge is 2.29. The number of piperidine rings is 1. The van der Waals surface area contributed by atoms with Crippen LogP contribution in [0, 0.1) is 5.92 Å². The van der Waals surface area contributed by atoms with Crippen LogP contribution in [0.5, 0.6) is 0 Å². The van der Waals surface area contributed by atoms with Crippen molar-refractivity contribution in [2.45, 2.75) is 49.7 Å². The summed E-state index contributed by atoms with van der Waals surface area (Å²) >= 11 is 0. The molecule has 1 aliphatic heterocycles. The van der Waals surface area contributed by atoms with Crippen molar-refractivity contribution < 1.29 is 8.42 Å². The minimum atomic E-state index is -3.41. The normalized spacial score (nSPS) is 22.9. The fourth-order valence-electron chi connectivity index (χ4n) is 3.88. The Hall–Kier alpha value is -2.39. The Balaban J connectivity index is 1.36. The summed E-state index contributed by atoms with van der Waals surface area (Å²) in [7, 11) is -1.61. The summed E-state index contributed by atoms with van der Waals surface area (Å²) in [6.07, 6.45) is 8.67. The van der Waals surface area contributed by atoms with Crippen molar-refractivity contribution >= 4 is 16.0 Å². The number of nitrogens with zero attached hydrogens (tertiary/aromatic N) is 4. The maximum atomic E-state index is 12.3. The van der Waals surface area contributed by atoms with Gasteiger partial charge in [0, 0.05) is 45.1 Å². The average molecular weight is 431 g/mol. The van der Waals surface area contributed by atoms with E-state index in [-0.39, 0.29) is 6.04 Å². The molecule has 1 aromatic heterocycles. The number of benzene rings is 1. The van der Waals surface area contributed by atoms with Crippen molar-refractivity contribution in [3.63, 3.8) is 0 Å². The van der Waals surface area contributed by atoms with Gasteiger partial charge in [-0.05, 0) is 42.9 Å². The lowest BCUT2D eigenvalue weighted by atomic mass is 9.93. The summed E-state index contributed by atoms with van der Waals surface area (Å²) in [4.78, 5) is 11.3. The number of hydrogen-bond acceptors (Lipinski definition) is 4. The van der Waals surface area contributed by atoms with Gasteiger partial charge in [-0.25, -0.2) is 18.1 Å². The second-order valence-electron chi connectivity index (χ2n) is 8.23. The van der Waals surface area contributed by atoms with Crippen molar-refractivity contribution in [2.24, 2.45) is 10.9 Å². The Morgan fingerprint density at radius 2 is 2.00 bits per heavy atom. The number of imidazole rings is 1. The highest BCUT2D eigenvalue weighted by molar-refractivity contribution is 7.89. The van der Waals surface area contributed by atoms with Gasteiger partial charge in [0.25, 0.3) is 0 Å². The number of rotatable bonds is 6. The lowest BCUT2D eigenvalue weighted by molar-refractivity contribution is 0.189. The molecule has 8 nitrogen and oxygen atoms in total. The minimum absolute atomic E-state index is 0.109. The molecule has 1 saturated heterocycles. The van der Waals surface area contributed by atoms with Gasteiger partial charge >= 0.3 is 0 Å². The van der Waals surface area contributed by atoms with Crippen LogP contribution in [0.1, 0.15) is 37.8 Å². The maximum absolute atomic E-state index is 12.3. The van der Waals surface area contributed by atoms with Crippen LogP contribution >= 0.6 is 0 Å². The van der Waals surface area contributed by atoms with Gasteiger partial charge < -0.3 is 14.8 Å². The largest absolute Gasteiger partial charge is 0.352 e. The summed E-state index contributed by atoms with van der Waals surface area (Å²) < 4.78 is 29.5. The summed E-state index contributed by atoms with van der Waals surface area (Å²) in [5.41, 5.74) is 1.01. The van der Waals surface area contributed by atoms with E-state index in [0.29, 0.717) is 23.4 Å². The second kappa shape index (κ2) is 8.77. The minimum Gasteiger partial charge on any atom is -0.352 e. The fraction of sp³-hybridized carbons (Fsp3) is 0.524. The van der Waals surface area contributed by atoms with Crippen LogP contribution in [-0.4, -0.2) is 55.0 Å². The number of hydrogen-bond donors (Lipinski definition) is 2. The zero-order valence-electron chi connectivity index (χ0n) is 17.5. The van der Waals surface area contributed by atoms with Crippen molar-refractivity contribution in [1.29, 1.82) is 0 Å². The number of likely N-dealkylation sites (tertiary alicyclic amines) is 1. The first-order chi connectivity index (χ1) is 14.5. The van der Waals surface area contributed by atoms with E-state index in [9.17, 15) is 8.42 Å². The third-order valence-electron chi connectivity index (χ3n) is 5.92. The molecule has 162 valence electrons. The fourth-order valence-corrected chi connectivity index (χ4v) is 5.19. The molecule has 1 aromatic carbocycles. The van der Waals surface area contributed by atoms with Crippen LogP contribution in [-0.2, 0) is 16.6 Å². The van der Waals surface area contributed by atoms with Crippen LogP contribution < -0.4 is 10.0 Å². The van der Waals surface area contributed by atoms with Crippen LogP contribution in [0.25, 0.3) is 0 Å². The van der Waals surface area contributed by atoms with E-state index in [1.807, 2.05) is 30.9 Å². The molecule has 1 saturated carbocycles. The molecule has 2 heterocycles. The summed E-state index contributed by atoms with van der Waals surface area (Å²) in [6.45, 7) is 4.70. The van der Waals surface area contributed by atoms with Crippen molar-refractivity contribution in [2.75, 3.05) is 20.1 Å². The summed E-state index contributed by atoms with van der Waals surface area (Å²) in [6, 6.07) is 7.52. The van der Waals surface area contributed by atoms with Crippen molar-refractivity contribution in [3.05, 3.63) is 48.5 Å². The zero-order valence-corrected chi connectivity index (χ0v) is 18.3. The number of aromatic nitrogens is 2. The lowest BCUT2D eigenvalue weighted by Gasteiger charge is -2.39. The molecule has 2 N–H and O–H groups in total. The van der Waals surface area contributed by atoms with Gasteiger partial charge in [0.2, 0.25) is 10.0 Å². The molecule has 30 heavy (non-hydrogen) atoms. The highest BCUT2D eigenvalue weighted by Crippen LogP contribution is 2.27. The molecule has 0 radical (unpaired) electrons. The lowest BCUT2D eigenvalue weighted by Crippen LogP contribution is -2.48. The van der Waals surface area contributed by atoms with E-state index in [4.69, 9.17) is 0 Å². The van der Waals surface area contributed by atoms with E-state index in [1.54, 1.807) is 19.2 Å². The van der Waals surface area contributed by atoms with E-state index < -0.39 is 10.0 Å². The Morgan fingerprint density at radius 1 is 1.23 bits per heavy atom. The smallest absolute Gasteiger partial charge is 0.240 e. The number of aliphatic imine (C=N–C) groups is 1. The van der Waals surface area contributed by atoms with Gasteiger partial charge in [0.05, 0.1) is 17.3 Å². The van der Waals surface area contributed by atoms with Crippen LogP contribution in [0.3, 0.4) is 0 Å². The topological polar surface area (TPSA) is 91.6 Å². The molecule has 2 unspecified atom stereocenters. The third kappa shape index (κ3) is 4.84. The van der Waals surface area contributed by atoms with Gasteiger partial charge in [-0.1, -0.05) is 19.1 Å². The zero-order chi connectivity index (χ0) is 21.1. The summed E-state index contributed by atoms with van der Waals surface area (Å²) in [5.74, 6) is 1.44. The molecular formula is C21H30N6O2S. The Kier molecular flexibility index (Phi) is 6.10. The SMILES string of the molecule is CN=C(NCc1ccc(S(=O)(=O)NC2CC2)cc1)N1CCC(C)C(n2ccnc2)C1. The van der Waals surface area contributed by atoms with Gasteiger partial charge in [-0.2, -0.15) is 0 Å². The summed E-state index contributed by atoms with van der Waals surface area (Å²) in [5, 5.41) is 3.42. The third-order valence-corrected chi connectivity index (χ3v) is 7.46. The van der Waals surface area contributed by atoms with Gasteiger partial charge in [0.1, 0.15) is 0 Å². The van der Waals surface area contributed by atoms with Crippen LogP contribution in [0.2, 0.25) is 0 Å². The standard InChI is InChI=1S/C21H30N6O2S/c1-16-9-11-26(14-20(16)27-12-10-23-15-27)21(22-2)24-13-17-3-7-19(8-4-17)30(28,29)25-18-5-6-18/h3-4,7-8,10,12,15-16,18,20,25H,5-6,9,11,13-14H2,1-2H3,(H,22,24). The average Bonchev–Trinajstić information content (AvgIpc) is 3.37. The van der Waals surface area contributed by atoms with E-state index >= 15 is 0 Å². The van der Waals surface area contributed by atoms with Crippen LogP contribution in [0.15, 0.2) is 52.9 Å². The van der Waals surface area contributed by atoms with Crippen molar-refractivity contribution in [1.82, 2.24) is 24.5 Å².